The van der Waals surface area contributed by atoms with E-state index in [1.165, 1.54) is 12.1 Å². The summed E-state index contributed by atoms with van der Waals surface area (Å²) in [6.45, 7) is 1.82. The minimum Gasteiger partial charge on any atom is -0.320 e. The fraction of sp³-hybridized carbons (Fsp3) is 0.0714. The Bertz CT molecular complexity index is 723. The first-order valence-corrected chi connectivity index (χ1v) is 6.41. The molecule has 0 spiro atoms. The Kier molecular flexibility index (Phi) is 4.23. The average molecular weight is 306 g/mol. The number of benzene rings is 1. The van der Waals surface area contributed by atoms with Gasteiger partial charge in [-0.3, -0.25) is 4.79 Å². The van der Waals surface area contributed by atoms with Crippen LogP contribution in [0.15, 0.2) is 30.3 Å². The summed E-state index contributed by atoms with van der Waals surface area (Å²) in [4.78, 5) is 16.0. The maximum atomic E-state index is 12.1. The molecular weight excluding hydrogens is 297 g/mol. The Morgan fingerprint density at radius 2 is 2.05 bits per heavy atom. The quantitative estimate of drug-likeness (QED) is 0.858. The average Bonchev–Trinajstić information content (AvgIpc) is 2.43. The molecular formula is C14H9Cl2N3O. The van der Waals surface area contributed by atoms with Crippen LogP contribution in [0.3, 0.4) is 0 Å². The van der Waals surface area contributed by atoms with Crippen molar-refractivity contribution < 1.29 is 4.79 Å². The first kappa shape index (κ1) is 14.3. The van der Waals surface area contributed by atoms with Crippen molar-refractivity contribution in [2.45, 2.75) is 6.92 Å². The molecule has 0 aliphatic carbocycles. The Hall–Kier alpha value is -2.09. The number of amides is 1. The van der Waals surface area contributed by atoms with Crippen molar-refractivity contribution >= 4 is 34.8 Å². The molecule has 0 saturated heterocycles. The number of carbonyl (C=O) groups excluding carboxylic acids is 1. The number of nitriles is 1. The lowest BCUT2D eigenvalue weighted by atomic mass is 10.1. The molecule has 1 amide bonds. The van der Waals surface area contributed by atoms with Gasteiger partial charge in [-0.2, -0.15) is 5.26 Å². The number of aryl methyl sites for hydroxylation is 1. The summed E-state index contributed by atoms with van der Waals surface area (Å²) >= 11 is 11.7. The number of carbonyl (C=O) groups is 1. The predicted octanol–water partition coefficient (Wildman–Crippen LogP) is 3.82. The van der Waals surface area contributed by atoms with Gasteiger partial charge in [0, 0.05) is 5.69 Å². The lowest BCUT2D eigenvalue weighted by Crippen LogP contribution is -2.15. The van der Waals surface area contributed by atoms with Crippen molar-refractivity contribution in [1.29, 1.82) is 5.26 Å². The predicted molar refractivity (Wildman–Crippen MR) is 78.1 cm³/mol. The van der Waals surface area contributed by atoms with Crippen LogP contribution in [-0.4, -0.2) is 10.9 Å². The zero-order chi connectivity index (χ0) is 14.7. The summed E-state index contributed by atoms with van der Waals surface area (Å²) in [6, 6.07) is 10.0. The molecule has 4 nitrogen and oxygen atoms in total. The molecule has 0 aliphatic heterocycles. The molecule has 0 bridgehead atoms. The third kappa shape index (κ3) is 3.08. The number of anilines is 1. The van der Waals surface area contributed by atoms with Crippen molar-refractivity contribution in [3.05, 3.63) is 57.3 Å². The van der Waals surface area contributed by atoms with E-state index in [1.807, 2.05) is 13.0 Å². The van der Waals surface area contributed by atoms with Gasteiger partial charge in [0.25, 0.3) is 5.91 Å². The molecule has 0 unspecified atom stereocenters. The van der Waals surface area contributed by atoms with Crippen molar-refractivity contribution in [3.63, 3.8) is 0 Å². The van der Waals surface area contributed by atoms with Gasteiger partial charge < -0.3 is 5.32 Å². The molecule has 0 atom stereocenters. The van der Waals surface area contributed by atoms with Gasteiger partial charge in [0.1, 0.15) is 10.8 Å². The van der Waals surface area contributed by atoms with Gasteiger partial charge in [-0.1, -0.05) is 29.3 Å². The van der Waals surface area contributed by atoms with Gasteiger partial charge in [-0.25, -0.2) is 4.98 Å². The first-order valence-electron chi connectivity index (χ1n) is 5.65. The molecule has 20 heavy (non-hydrogen) atoms. The van der Waals surface area contributed by atoms with E-state index >= 15 is 0 Å². The second-order valence-corrected chi connectivity index (χ2v) is 4.85. The third-order valence-corrected chi connectivity index (χ3v) is 3.16. The van der Waals surface area contributed by atoms with Crippen LogP contribution in [-0.2, 0) is 0 Å². The Morgan fingerprint density at radius 3 is 2.75 bits per heavy atom. The molecule has 0 radical (unpaired) electrons. The molecule has 0 fully saturated rings. The zero-order valence-electron chi connectivity index (χ0n) is 10.4. The largest absolute Gasteiger partial charge is 0.320 e. The summed E-state index contributed by atoms with van der Waals surface area (Å²) in [5.41, 5.74) is 1.86. The highest BCUT2D eigenvalue weighted by Crippen LogP contribution is 2.21. The van der Waals surface area contributed by atoms with E-state index < -0.39 is 5.91 Å². The topological polar surface area (TPSA) is 65.8 Å². The lowest BCUT2D eigenvalue weighted by molar-refractivity contribution is 0.102. The summed E-state index contributed by atoms with van der Waals surface area (Å²) in [5.74, 6) is -0.476. The third-order valence-electron chi connectivity index (χ3n) is 2.64. The van der Waals surface area contributed by atoms with Gasteiger partial charge in [0.05, 0.1) is 16.7 Å². The number of hydrogen-bond acceptors (Lipinski definition) is 3. The van der Waals surface area contributed by atoms with Crippen LogP contribution >= 0.6 is 23.2 Å². The standard InChI is InChI=1S/C14H9Cl2N3O/c1-8-2-3-9(7-17)6-11(8)18-14(20)13-10(15)4-5-12(16)19-13/h2-6H,1H3,(H,18,20). The van der Waals surface area contributed by atoms with Crippen LogP contribution in [0.1, 0.15) is 21.6 Å². The second-order valence-electron chi connectivity index (χ2n) is 4.06. The molecule has 1 N–H and O–H groups in total. The second kappa shape index (κ2) is 5.91. The highest BCUT2D eigenvalue weighted by molar-refractivity contribution is 6.35. The van der Waals surface area contributed by atoms with E-state index in [9.17, 15) is 4.79 Å². The van der Waals surface area contributed by atoms with Crippen molar-refractivity contribution in [1.82, 2.24) is 4.98 Å². The summed E-state index contributed by atoms with van der Waals surface area (Å²) in [7, 11) is 0. The maximum absolute atomic E-state index is 12.1. The van der Waals surface area contributed by atoms with Gasteiger partial charge in [-0.15, -0.1) is 0 Å². The number of nitrogens with zero attached hydrogens (tertiary/aromatic N) is 2. The van der Waals surface area contributed by atoms with Gasteiger partial charge in [-0.05, 0) is 36.8 Å². The van der Waals surface area contributed by atoms with E-state index in [1.54, 1.807) is 18.2 Å². The maximum Gasteiger partial charge on any atom is 0.275 e. The highest BCUT2D eigenvalue weighted by atomic mass is 35.5. The minimum atomic E-state index is -0.476. The monoisotopic (exact) mass is 305 g/mol. The van der Waals surface area contributed by atoms with Crippen molar-refractivity contribution in [2.24, 2.45) is 0 Å². The van der Waals surface area contributed by atoms with Crippen LogP contribution in [0.5, 0.6) is 0 Å². The van der Waals surface area contributed by atoms with Crippen LogP contribution in [0.25, 0.3) is 0 Å². The normalized spacial score (nSPS) is 9.90. The Morgan fingerprint density at radius 1 is 1.30 bits per heavy atom. The van der Waals surface area contributed by atoms with Crippen molar-refractivity contribution in [3.8, 4) is 6.07 Å². The summed E-state index contributed by atoms with van der Waals surface area (Å²) in [6.07, 6.45) is 0. The number of halogens is 2. The van der Waals surface area contributed by atoms with E-state index in [0.717, 1.165) is 5.56 Å². The molecule has 1 aromatic heterocycles. The number of nitrogens with one attached hydrogen (secondary N) is 1. The van der Waals surface area contributed by atoms with Crippen molar-refractivity contribution in [2.75, 3.05) is 5.32 Å². The zero-order valence-corrected chi connectivity index (χ0v) is 12.0. The Labute approximate surface area is 126 Å². The smallest absolute Gasteiger partial charge is 0.275 e. The summed E-state index contributed by atoms with van der Waals surface area (Å²) in [5, 5.41) is 11.9. The number of aromatic nitrogens is 1. The first-order chi connectivity index (χ1) is 9.51. The van der Waals surface area contributed by atoms with E-state index in [4.69, 9.17) is 28.5 Å². The summed E-state index contributed by atoms with van der Waals surface area (Å²) < 4.78 is 0. The number of pyridine rings is 1. The fourth-order valence-electron chi connectivity index (χ4n) is 1.59. The van der Waals surface area contributed by atoms with Crippen LogP contribution in [0.2, 0.25) is 10.2 Å². The van der Waals surface area contributed by atoms with E-state index in [2.05, 4.69) is 10.3 Å². The molecule has 2 rings (SSSR count). The van der Waals surface area contributed by atoms with E-state index in [-0.39, 0.29) is 15.9 Å². The highest BCUT2D eigenvalue weighted by Gasteiger charge is 2.14. The molecule has 0 saturated carbocycles. The molecule has 6 heteroatoms. The number of hydrogen-bond donors (Lipinski definition) is 1. The van der Waals surface area contributed by atoms with Gasteiger partial charge in [0.15, 0.2) is 0 Å². The minimum absolute atomic E-state index is 0.0425. The van der Waals surface area contributed by atoms with E-state index in [0.29, 0.717) is 11.3 Å². The molecule has 100 valence electrons. The Balaban J connectivity index is 2.33. The molecule has 0 aliphatic rings. The lowest BCUT2D eigenvalue weighted by Gasteiger charge is -2.09. The van der Waals surface area contributed by atoms with Crippen LogP contribution < -0.4 is 5.32 Å². The van der Waals surface area contributed by atoms with Crippen LogP contribution in [0.4, 0.5) is 5.69 Å². The van der Waals surface area contributed by atoms with Gasteiger partial charge in [0.2, 0.25) is 0 Å². The fourth-order valence-corrected chi connectivity index (χ4v) is 1.92. The molecule has 2 aromatic rings. The van der Waals surface area contributed by atoms with Gasteiger partial charge >= 0.3 is 0 Å². The SMILES string of the molecule is Cc1ccc(C#N)cc1NC(=O)c1nc(Cl)ccc1Cl. The molecule has 1 aromatic carbocycles. The number of rotatable bonds is 2. The van der Waals surface area contributed by atoms with Crippen LogP contribution in [0, 0.1) is 18.3 Å². The molecule has 1 heterocycles.